The second-order valence-electron chi connectivity index (χ2n) is 20.5. The van der Waals surface area contributed by atoms with Crippen LogP contribution in [0.5, 0.6) is 0 Å². The van der Waals surface area contributed by atoms with Crippen LogP contribution in [0.15, 0.2) is 0 Å². The first kappa shape index (κ1) is 63.4. The molecule has 65 heavy (non-hydrogen) atoms. The van der Waals surface area contributed by atoms with Crippen LogP contribution in [0, 0.1) is 5.92 Å². The van der Waals surface area contributed by atoms with E-state index in [1.165, 1.54) is 231 Å². The van der Waals surface area contributed by atoms with Gasteiger partial charge in [-0.25, -0.2) is 0 Å². The summed E-state index contributed by atoms with van der Waals surface area (Å²) >= 11 is 0. The Morgan fingerprint density at radius 1 is 0.308 bits per heavy atom. The number of carbonyl (C=O) groups excluding carboxylic acids is 3. The van der Waals surface area contributed by atoms with E-state index in [2.05, 4.69) is 27.7 Å². The highest BCUT2D eigenvalue weighted by Gasteiger charge is 2.19. The van der Waals surface area contributed by atoms with Crippen molar-refractivity contribution in [1.29, 1.82) is 0 Å². The van der Waals surface area contributed by atoms with Gasteiger partial charge in [-0.15, -0.1) is 0 Å². The molecule has 0 aromatic carbocycles. The molecule has 386 valence electrons. The standard InChI is InChI=1S/C59H114O6/c1-5-8-10-12-14-16-18-20-22-24-26-28-30-32-34-40-44-48-52-59(62)65-56(54-64-58(61)51-47-43-39-36-35-37-41-45-49-55(4)7-3)53-63-57(60)50-46-42-38-33-31-29-27-25-23-21-19-17-15-13-11-9-6-2/h55-56H,5-54H2,1-4H3/t55?,56-/m1/s1. The molecule has 0 aliphatic heterocycles. The van der Waals surface area contributed by atoms with Crippen molar-refractivity contribution in [2.24, 2.45) is 5.92 Å². The van der Waals surface area contributed by atoms with Gasteiger partial charge < -0.3 is 14.2 Å². The van der Waals surface area contributed by atoms with Gasteiger partial charge in [0, 0.05) is 19.3 Å². The Balaban J connectivity index is 4.28. The van der Waals surface area contributed by atoms with E-state index in [9.17, 15) is 14.4 Å². The molecule has 0 saturated heterocycles. The smallest absolute Gasteiger partial charge is 0.306 e. The first-order chi connectivity index (χ1) is 31.9. The maximum atomic E-state index is 12.9. The summed E-state index contributed by atoms with van der Waals surface area (Å²) < 4.78 is 16.9. The van der Waals surface area contributed by atoms with Gasteiger partial charge in [-0.3, -0.25) is 14.4 Å². The third-order valence-corrected chi connectivity index (χ3v) is 13.9. The number of carbonyl (C=O) groups is 3. The van der Waals surface area contributed by atoms with Crippen molar-refractivity contribution >= 4 is 17.9 Å². The Morgan fingerprint density at radius 3 is 0.800 bits per heavy atom. The molecule has 0 aliphatic carbocycles. The average molecular weight is 920 g/mol. The van der Waals surface area contributed by atoms with Crippen LogP contribution in [0.25, 0.3) is 0 Å². The quantitative estimate of drug-likeness (QED) is 0.0344. The van der Waals surface area contributed by atoms with E-state index in [-0.39, 0.29) is 31.1 Å². The summed E-state index contributed by atoms with van der Waals surface area (Å²) in [7, 11) is 0. The predicted octanol–water partition coefficient (Wildman–Crippen LogP) is 19.4. The van der Waals surface area contributed by atoms with E-state index in [1.807, 2.05) is 0 Å². The molecular weight excluding hydrogens is 805 g/mol. The molecule has 6 nitrogen and oxygen atoms in total. The fourth-order valence-electron chi connectivity index (χ4n) is 9.07. The number of esters is 3. The minimum atomic E-state index is -0.762. The van der Waals surface area contributed by atoms with Crippen LogP contribution < -0.4 is 0 Å². The lowest BCUT2D eigenvalue weighted by Crippen LogP contribution is -2.30. The van der Waals surface area contributed by atoms with Crippen molar-refractivity contribution in [2.75, 3.05) is 13.2 Å². The number of ether oxygens (including phenoxy) is 3. The molecule has 0 aromatic rings. The van der Waals surface area contributed by atoms with E-state index < -0.39 is 6.10 Å². The Labute approximate surface area is 406 Å². The first-order valence-electron chi connectivity index (χ1n) is 29.4. The van der Waals surface area contributed by atoms with Gasteiger partial charge in [0.15, 0.2) is 6.10 Å². The normalized spacial score (nSPS) is 12.4. The largest absolute Gasteiger partial charge is 0.462 e. The third kappa shape index (κ3) is 51.6. The van der Waals surface area contributed by atoms with Crippen LogP contribution in [0.2, 0.25) is 0 Å². The summed E-state index contributed by atoms with van der Waals surface area (Å²) in [5, 5.41) is 0. The minimum Gasteiger partial charge on any atom is -0.462 e. The number of rotatable bonds is 54. The first-order valence-corrected chi connectivity index (χ1v) is 29.4. The lowest BCUT2D eigenvalue weighted by atomic mass is 9.99. The van der Waals surface area contributed by atoms with Gasteiger partial charge in [-0.05, 0) is 25.2 Å². The molecule has 0 N–H and O–H groups in total. The summed E-state index contributed by atoms with van der Waals surface area (Å²) in [4.78, 5) is 38.1. The molecule has 0 saturated carbocycles. The zero-order valence-electron chi connectivity index (χ0n) is 44.5. The Bertz CT molecular complexity index is 982. The topological polar surface area (TPSA) is 78.9 Å². The van der Waals surface area contributed by atoms with Crippen molar-refractivity contribution in [1.82, 2.24) is 0 Å². The molecule has 6 heteroatoms. The molecule has 2 atom stereocenters. The minimum absolute atomic E-state index is 0.0622. The summed E-state index contributed by atoms with van der Waals surface area (Å²) in [6, 6.07) is 0. The highest BCUT2D eigenvalue weighted by atomic mass is 16.6. The molecule has 0 heterocycles. The molecule has 0 radical (unpaired) electrons. The van der Waals surface area contributed by atoms with Crippen molar-refractivity contribution < 1.29 is 28.6 Å². The van der Waals surface area contributed by atoms with Crippen molar-refractivity contribution in [2.45, 2.75) is 342 Å². The monoisotopic (exact) mass is 919 g/mol. The van der Waals surface area contributed by atoms with Crippen LogP contribution in [-0.2, 0) is 28.6 Å². The van der Waals surface area contributed by atoms with E-state index >= 15 is 0 Å². The zero-order chi connectivity index (χ0) is 47.4. The molecule has 0 aromatic heterocycles. The van der Waals surface area contributed by atoms with Gasteiger partial charge in [0.2, 0.25) is 0 Å². The molecule has 0 amide bonds. The number of unbranched alkanes of at least 4 members (excludes halogenated alkanes) is 40. The van der Waals surface area contributed by atoms with Crippen LogP contribution in [0.1, 0.15) is 336 Å². The third-order valence-electron chi connectivity index (χ3n) is 13.9. The average Bonchev–Trinajstić information content (AvgIpc) is 3.30. The maximum Gasteiger partial charge on any atom is 0.306 e. The van der Waals surface area contributed by atoms with Gasteiger partial charge in [-0.1, -0.05) is 297 Å². The van der Waals surface area contributed by atoms with E-state index in [0.717, 1.165) is 63.7 Å². The second kappa shape index (κ2) is 53.4. The second-order valence-corrected chi connectivity index (χ2v) is 20.5. The van der Waals surface area contributed by atoms with Gasteiger partial charge in [0.25, 0.3) is 0 Å². The summed E-state index contributed by atoms with van der Waals surface area (Å²) in [6.07, 6.45) is 58.1. The van der Waals surface area contributed by atoms with Gasteiger partial charge >= 0.3 is 17.9 Å². The molecule has 0 spiro atoms. The molecule has 0 bridgehead atoms. The summed E-state index contributed by atoms with van der Waals surface area (Å²) in [5.41, 5.74) is 0. The van der Waals surface area contributed by atoms with Crippen LogP contribution in [-0.4, -0.2) is 37.2 Å². The van der Waals surface area contributed by atoms with Gasteiger partial charge in [0.05, 0.1) is 0 Å². The number of hydrogen-bond donors (Lipinski definition) is 0. The Hall–Kier alpha value is -1.59. The SMILES string of the molecule is CCCCCCCCCCCCCCCCCCCCC(=O)O[C@H](COC(=O)CCCCCCCCCCCCCCCCCCC)COC(=O)CCCCCCCCCCC(C)CC. The zero-order valence-corrected chi connectivity index (χ0v) is 44.5. The summed E-state index contributed by atoms with van der Waals surface area (Å²) in [5.74, 6) is 0.0112. The van der Waals surface area contributed by atoms with Crippen molar-refractivity contribution in [3.05, 3.63) is 0 Å². The number of hydrogen-bond acceptors (Lipinski definition) is 6. The molecule has 0 fully saturated rings. The predicted molar refractivity (Wildman–Crippen MR) is 280 cm³/mol. The molecule has 0 aliphatic rings. The van der Waals surface area contributed by atoms with Crippen molar-refractivity contribution in [3.63, 3.8) is 0 Å². The van der Waals surface area contributed by atoms with Crippen LogP contribution >= 0.6 is 0 Å². The highest BCUT2D eigenvalue weighted by molar-refractivity contribution is 5.71. The maximum absolute atomic E-state index is 12.9. The summed E-state index contributed by atoms with van der Waals surface area (Å²) in [6.45, 7) is 9.06. The van der Waals surface area contributed by atoms with E-state index in [1.54, 1.807) is 0 Å². The molecular formula is C59H114O6. The highest BCUT2D eigenvalue weighted by Crippen LogP contribution is 2.18. The lowest BCUT2D eigenvalue weighted by Gasteiger charge is -2.18. The lowest BCUT2D eigenvalue weighted by molar-refractivity contribution is -0.167. The fraction of sp³-hybridized carbons (Fsp3) is 0.949. The van der Waals surface area contributed by atoms with E-state index in [4.69, 9.17) is 14.2 Å². The van der Waals surface area contributed by atoms with Crippen LogP contribution in [0.3, 0.4) is 0 Å². The fourth-order valence-corrected chi connectivity index (χ4v) is 9.07. The van der Waals surface area contributed by atoms with Gasteiger partial charge in [-0.2, -0.15) is 0 Å². The molecule has 1 unspecified atom stereocenters. The van der Waals surface area contributed by atoms with Gasteiger partial charge in [0.1, 0.15) is 13.2 Å². The Morgan fingerprint density at radius 2 is 0.538 bits per heavy atom. The van der Waals surface area contributed by atoms with E-state index in [0.29, 0.717) is 19.3 Å². The molecule has 0 rings (SSSR count). The van der Waals surface area contributed by atoms with Crippen molar-refractivity contribution in [3.8, 4) is 0 Å². The van der Waals surface area contributed by atoms with Crippen LogP contribution in [0.4, 0.5) is 0 Å². The Kier molecular flexibility index (Phi) is 52.1.